The zero-order valence-electron chi connectivity index (χ0n) is 12.9. The zero-order chi connectivity index (χ0) is 13.0. The molecule has 0 bridgehead atoms. The Bertz CT molecular complexity index is 121. The lowest BCUT2D eigenvalue weighted by atomic mass is 10.1. The van der Waals surface area contributed by atoms with E-state index in [1.165, 1.54) is 45.2 Å². The summed E-state index contributed by atoms with van der Waals surface area (Å²) in [4.78, 5) is 2.72. The van der Waals surface area contributed by atoms with Gasteiger partial charge in [-0.3, -0.25) is 4.90 Å². The minimum absolute atomic E-state index is 0.645. The molecule has 100 valence electrons. The van der Waals surface area contributed by atoms with E-state index in [1.54, 1.807) is 0 Å². The van der Waals surface area contributed by atoms with Crippen molar-refractivity contribution in [2.75, 3.05) is 13.1 Å². The van der Waals surface area contributed by atoms with Crippen LogP contribution in [0.15, 0.2) is 0 Å². The molecule has 16 heavy (non-hydrogen) atoms. The molecule has 0 atom stereocenters. The summed E-state index contributed by atoms with van der Waals surface area (Å²) in [5.41, 5.74) is 0.645. The molecule has 1 heteroatoms. The van der Waals surface area contributed by atoms with Gasteiger partial charge in [0.15, 0.2) is 0 Å². The predicted molar refractivity (Wildman–Crippen MR) is 77.1 cm³/mol. The van der Waals surface area contributed by atoms with Gasteiger partial charge in [-0.15, -0.1) is 0 Å². The zero-order valence-corrected chi connectivity index (χ0v) is 12.9. The molecule has 1 aliphatic carbocycles. The van der Waals surface area contributed by atoms with Crippen LogP contribution in [-0.4, -0.2) is 23.5 Å². The highest BCUT2D eigenvalue weighted by Gasteiger charge is 2.44. The highest BCUT2D eigenvalue weighted by molar-refractivity contribution is 5.02. The Hall–Kier alpha value is -0.0400. The first-order valence-corrected chi connectivity index (χ1v) is 7.54. The van der Waals surface area contributed by atoms with Crippen LogP contribution >= 0.6 is 0 Å². The summed E-state index contributed by atoms with van der Waals surface area (Å²) in [6.07, 6.45) is 6.86. The quantitative estimate of drug-likeness (QED) is 0.612. The molecular weight excluding hydrogens is 194 g/mol. The summed E-state index contributed by atoms with van der Waals surface area (Å²) in [6.45, 7) is 17.5. The van der Waals surface area contributed by atoms with E-state index >= 15 is 0 Å². The molecule has 0 N–H and O–H groups in total. The Balaban J connectivity index is 0. The van der Waals surface area contributed by atoms with Crippen LogP contribution in [0.3, 0.4) is 0 Å². The molecule has 0 radical (unpaired) electrons. The third kappa shape index (κ3) is 5.89. The largest absolute Gasteiger partial charge is 0.298 e. The minimum atomic E-state index is 0.645. The lowest BCUT2D eigenvalue weighted by Gasteiger charge is -2.30. The maximum atomic E-state index is 2.72. The second kappa shape index (κ2) is 11.4. The van der Waals surface area contributed by atoms with Crippen molar-refractivity contribution in [2.24, 2.45) is 0 Å². The van der Waals surface area contributed by atoms with E-state index in [4.69, 9.17) is 0 Å². The SMILES string of the molecule is CC.CC.CCCN(CCC)C1(CC)CC1. The second-order valence-corrected chi connectivity index (χ2v) is 4.06. The molecule has 1 aliphatic rings. The Morgan fingerprint density at radius 1 is 0.812 bits per heavy atom. The number of hydrogen-bond acceptors (Lipinski definition) is 1. The van der Waals surface area contributed by atoms with Gasteiger partial charge in [0, 0.05) is 5.54 Å². The second-order valence-electron chi connectivity index (χ2n) is 4.06. The molecule has 1 nitrogen and oxygen atoms in total. The van der Waals surface area contributed by atoms with E-state index in [9.17, 15) is 0 Å². The normalized spacial score (nSPS) is 15.8. The van der Waals surface area contributed by atoms with Crippen LogP contribution in [-0.2, 0) is 0 Å². The molecule has 0 heterocycles. The van der Waals surface area contributed by atoms with Crippen molar-refractivity contribution in [3.8, 4) is 0 Å². The van der Waals surface area contributed by atoms with Crippen molar-refractivity contribution >= 4 is 0 Å². The van der Waals surface area contributed by atoms with Gasteiger partial charge >= 0.3 is 0 Å². The molecule has 0 unspecified atom stereocenters. The van der Waals surface area contributed by atoms with Crippen LogP contribution < -0.4 is 0 Å². The van der Waals surface area contributed by atoms with Gasteiger partial charge in [-0.25, -0.2) is 0 Å². The maximum absolute atomic E-state index is 2.72. The molecule has 0 spiro atoms. The third-order valence-corrected chi connectivity index (χ3v) is 3.14. The van der Waals surface area contributed by atoms with Gasteiger partial charge in [-0.1, -0.05) is 48.5 Å². The molecule has 0 saturated heterocycles. The molecule has 0 aromatic heterocycles. The molecule has 1 saturated carbocycles. The Labute approximate surface area is 105 Å². The lowest BCUT2D eigenvalue weighted by molar-refractivity contribution is 0.171. The van der Waals surface area contributed by atoms with Crippen molar-refractivity contribution in [3.63, 3.8) is 0 Å². The molecule has 0 aromatic carbocycles. The molecule has 0 aromatic rings. The fourth-order valence-electron chi connectivity index (χ4n) is 2.16. The van der Waals surface area contributed by atoms with E-state index in [2.05, 4.69) is 25.7 Å². The standard InChI is InChI=1S/C11H23N.2C2H6/c1-4-9-12(10-5-2)11(6-3)7-8-11;2*1-2/h4-10H2,1-3H3;2*1-2H3. The van der Waals surface area contributed by atoms with Gasteiger partial charge in [0.25, 0.3) is 0 Å². The van der Waals surface area contributed by atoms with E-state index in [1.807, 2.05) is 27.7 Å². The van der Waals surface area contributed by atoms with Gasteiger partial charge in [0.2, 0.25) is 0 Å². The monoisotopic (exact) mass is 229 g/mol. The topological polar surface area (TPSA) is 3.24 Å². The summed E-state index contributed by atoms with van der Waals surface area (Å²) in [5.74, 6) is 0. The Morgan fingerprint density at radius 2 is 1.19 bits per heavy atom. The maximum Gasteiger partial charge on any atom is 0.0208 e. The Kier molecular flexibility index (Phi) is 13.1. The van der Waals surface area contributed by atoms with Gasteiger partial charge in [-0.2, -0.15) is 0 Å². The summed E-state index contributed by atoms with van der Waals surface area (Å²) in [6, 6.07) is 0. The van der Waals surface area contributed by atoms with Crippen LogP contribution in [0.4, 0.5) is 0 Å². The van der Waals surface area contributed by atoms with E-state index in [0.717, 1.165) is 0 Å². The predicted octanol–water partition coefficient (Wildman–Crippen LogP) is 5.10. The van der Waals surface area contributed by atoms with Crippen molar-refractivity contribution in [1.82, 2.24) is 4.90 Å². The highest BCUT2D eigenvalue weighted by atomic mass is 15.2. The minimum Gasteiger partial charge on any atom is -0.298 e. The van der Waals surface area contributed by atoms with Crippen LogP contribution in [0, 0.1) is 0 Å². The first kappa shape index (κ1) is 18.3. The van der Waals surface area contributed by atoms with E-state index < -0.39 is 0 Å². The molecule has 0 aliphatic heterocycles. The lowest BCUT2D eigenvalue weighted by Crippen LogP contribution is -2.38. The Morgan fingerprint density at radius 3 is 1.38 bits per heavy atom. The van der Waals surface area contributed by atoms with Crippen molar-refractivity contribution < 1.29 is 0 Å². The van der Waals surface area contributed by atoms with Crippen LogP contribution in [0.25, 0.3) is 0 Å². The molecule has 1 rings (SSSR count). The number of rotatable bonds is 6. The van der Waals surface area contributed by atoms with Gasteiger partial charge in [0.05, 0.1) is 0 Å². The van der Waals surface area contributed by atoms with Crippen LogP contribution in [0.2, 0.25) is 0 Å². The van der Waals surface area contributed by atoms with Gasteiger partial charge in [-0.05, 0) is 45.2 Å². The van der Waals surface area contributed by atoms with E-state index in [0.29, 0.717) is 5.54 Å². The fourth-order valence-corrected chi connectivity index (χ4v) is 2.16. The molecular formula is C15H35N. The molecule has 1 fully saturated rings. The molecule has 0 amide bonds. The summed E-state index contributed by atoms with van der Waals surface area (Å²) < 4.78 is 0. The first-order valence-electron chi connectivity index (χ1n) is 7.54. The van der Waals surface area contributed by atoms with Crippen molar-refractivity contribution in [2.45, 2.75) is 86.1 Å². The number of nitrogens with zero attached hydrogens (tertiary/aromatic N) is 1. The average Bonchev–Trinajstić information content (AvgIpc) is 3.15. The number of hydrogen-bond donors (Lipinski definition) is 0. The van der Waals surface area contributed by atoms with Gasteiger partial charge in [0.1, 0.15) is 0 Å². The summed E-state index contributed by atoms with van der Waals surface area (Å²) in [7, 11) is 0. The third-order valence-electron chi connectivity index (χ3n) is 3.14. The van der Waals surface area contributed by atoms with Crippen molar-refractivity contribution in [3.05, 3.63) is 0 Å². The van der Waals surface area contributed by atoms with Crippen LogP contribution in [0.5, 0.6) is 0 Å². The summed E-state index contributed by atoms with van der Waals surface area (Å²) in [5, 5.41) is 0. The van der Waals surface area contributed by atoms with Gasteiger partial charge < -0.3 is 0 Å². The smallest absolute Gasteiger partial charge is 0.0208 e. The van der Waals surface area contributed by atoms with Crippen LogP contribution in [0.1, 0.15) is 80.6 Å². The van der Waals surface area contributed by atoms with E-state index in [-0.39, 0.29) is 0 Å². The fraction of sp³-hybridized carbons (Fsp3) is 1.00. The summed E-state index contributed by atoms with van der Waals surface area (Å²) >= 11 is 0. The van der Waals surface area contributed by atoms with Crippen molar-refractivity contribution in [1.29, 1.82) is 0 Å². The highest BCUT2D eigenvalue weighted by Crippen LogP contribution is 2.44. The first-order chi connectivity index (χ1) is 7.79. The average molecular weight is 229 g/mol.